The summed E-state index contributed by atoms with van der Waals surface area (Å²) >= 11 is 4.01. The standard InChI is InChI=1S/C17H24N2OS2/c1-18-11-13-3-2-8-19(12-13)16(20)14-4-6-15(7-5-14)17-21-9-10-22-17/h4-7,13,17-18H,2-3,8-12H2,1H3. The third-order valence-corrected chi connectivity index (χ3v) is 7.45. The topological polar surface area (TPSA) is 32.3 Å². The summed E-state index contributed by atoms with van der Waals surface area (Å²) in [6, 6.07) is 8.30. The van der Waals surface area contributed by atoms with Gasteiger partial charge in [0.1, 0.15) is 0 Å². The van der Waals surface area contributed by atoms with Gasteiger partial charge in [0.25, 0.3) is 5.91 Å². The van der Waals surface area contributed by atoms with Gasteiger partial charge in [-0.1, -0.05) is 12.1 Å². The van der Waals surface area contributed by atoms with Gasteiger partial charge in [-0.05, 0) is 50.0 Å². The Hall–Kier alpha value is -0.650. The third-order valence-electron chi connectivity index (χ3n) is 4.35. The number of amides is 1. The molecule has 22 heavy (non-hydrogen) atoms. The summed E-state index contributed by atoms with van der Waals surface area (Å²) in [7, 11) is 1.98. The van der Waals surface area contributed by atoms with Gasteiger partial charge >= 0.3 is 0 Å². The Morgan fingerprint density at radius 2 is 2.00 bits per heavy atom. The van der Waals surface area contributed by atoms with E-state index >= 15 is 0 Å². The van der Waals surface area contributed by atoms with Crippen LogP contribution in [-0.4, -0.2) is 49.0 Å². The second-order valence-corrected chi connectivity index (χ2v) is 8.74. The lowest BCUT2D eigenvalue weighted by Gasteiger charge is -2.32. The van der Waals surface area contributed by atoms with Crippen molar-refractivity contribution >= 4 is 29.4 Å². The van der Waals surface area contributed by atoms with Crippen LogP contribution < -0.4 is 5.32 Å². The average Bonchev–Trinajstić information content (AvgIpc) is 3.09. The monoisotopic (exact) mass is 336 g/mol. The van der Waals surface area contributed by atoms with E-state index in [4.69, 9.17) is 0 Å². The summed E-state index contributed by atoms with van der Waals surface area (Å²) in [6.07, 6.45) is 2.34. The summed E-state index contributed by atoms with van der Waals surface area (Å²) in [5.74, 6) is 3.25. The fourth-order valence-corrected chi connectivity index (χ4v) is 6.08. The van der Waals surface area contributed by atoms with Crippen LogP contribution in [-0.2, 0) is 0 Å². The Kier molecular flexibility index (Phi) is 5.71. The number of carbonyl (C=O) groups is 1. The molecule has 0 radical (unpaired) electrons. The molecule has 1 aromatic carbocycles. The SMILES string of the molecule is CNCC1CCCN(C(=O)c2ccc(C3SCCS3)cc2)C1. The summed E-state index contributed by atoms with van der Waals surface area (Å²) < 4.78 is 0.555. The molecule has 120 valence electrons. The molecule has 0 aromatic heterocycles. The number of rotatable bonds is 4. The van der Waals surface area contributed by atoms with E-state index in [0.717, 1.165) is 31.6 Å². The maximum absolute atomic E-state index is 12.7. The first kappa shape index (κ1) is 16.2. The predicted molar refractivity (Wildman–Crippen MR) is 96.7 cm³/mol. The molecule has 1 unspecified atom stereocenters. The van der Waals surface area contributed by atoms with Crippen molar-refractivity contribution in [2.45, 2.75) is 17.4 Å². The van der Waals surface area contributed by atoms with Crippen LogP contribution in [0.4, 0.5) is 0 Å². The molecule has 0 aliphatic carbocycles. The number of carbonyl (C=O) groups excluding carboxylic acids is 1. The van der Waals surface area contributed by atoms with Crippen molar-refractivity contribution in [3.8, 4) is 0 Å². The van der Waals surface area contributed by atoms with Crippen molar-refractivity contribution in [1.82, 2.24) is 10.2 Å². The minimum Gasteiger partial charge on any atom is -0.338 e. The lowest BCUT2D eigenvalue weighted by Crippen LogP contribution is -2.42. The number of piperidine rings is 1. The maximum atomic E-state index is 12.7. The summed E-state index contributed by atoms with van der Waals surface area (Å²) in [5.41, 5.74) is 2.18. The molecule has 2 aliphatic heterocycles. The van der Waals surface area contributed by atoms with Gasteiger partial charge in [0.15, 0.2) is 0 Å². The second-order valence-electron chi connectivity index (χ2n) is 6.01. The van der Waals surface area contributed by atoms with Gasteiger partial charge in [-0.2, -0.15) is 0 Å². The molecule has 1 amide bonds. The second kappa shape index (κ2) is 7.75. The highest BCUT2D eigenvalue weighted by Crippen LogP contribution is 2.45. The molecular formula is C17H24N2OS2. The first-order valence-corrected chi connectivity index (χ1v) is 10.1. The number of hydrogen-bond acceptors (Lipinski definition) is 4. The van der Waals surface area contributed by atoms with Gasteiger partial charge in [0.05, 0.1) is 4.58 Å². The first-order valence-electron chi connectivity index (χ1n) is 8.05. The number of likely N-dealkylation sites (tertiary alicyclic amines) is 1. The largest absolute Gasteiger partial charge is 0.338 e. The Balaban J connectivity index is 1.64. The maximum Gasteiger partial charge on any atom is 0.253 e. The summed E-state index contributed by atoms with van der Waals surface area (Å²) in [5, 5.41) is 3.23. The molecule has 2 heterocycles. The van der Waals surface area contributed by atoms with Gasteiger partial charge in [0.2, 0.25) is 0 Å². The molecule has 1 aromatic rings. The highest BCUT2D eigenvalue weighted by molar-refractivity contribution is 8.19. The van der Waals surface area contributed by atoms with Gasteiger partial charge in [-0.25, -0.2) is 0 Å². The Labute approximate surface area is 141 Å². The zero-order valence-electron chi connectivity index (χ0n) is 13.1. The number of hydrogen-bond donors (Lipinski definition) is 1. The molecule has 3 nitrogen and oxygen atoms in total. The summed E-state index contributed by atoms with van der Waals surface area (Å²) in [4.78, 5) is 14.7. The van der Waals surface area contributed by atoms with E-state index in [1.165, 1.54) is 23.5 Å². The molecule has 0 spiro atoms. The predicted octanol–water partition coefficient (Wildman–Crippen LogP) is 3.24. The van der Waals surface area contributed by atoms with E-state index in [2.05, 4.69) is 17.4 Å². The Morgan fingerprint density at radius 3 is 2.68 bits per heavy atom. The fraction of sp³-hybridized carbons (Fsp3) is 0.588. The Bertz CT molecular complexity index is 498. The van der Waals surface area contributed by atoms with Crippen LogP contribution >= 0.6 is 23.5 Å². The quantitative estimate of drug-likeness (QED) is 0.915. The van der Waals surface area contributed by atoms with Crippen molar-refractivity contribution in [2.75, 3.05) is 38.2 Å². The lowest BCUT2D eigenvalue weighted by atomic mass is 9.97. The van der Waals surface area contributed by atoms with Crippen LogP contribution in [0.3, 0.4) is 0 Å². The zero-order valence-corrected chi connectivity index (χ0v) is 14.7. The van der Waals surface area contributed by atoms with Gasteiger partial charge in [-0.3, -0.25) is 4.79 Å². The zero-order chi connectivity index (χ0) is 15.4. The molecule has 1 N–H and O–H groups in total. The minimum absolute atomic E-state index is 0.194. The van der Waals surface area contributed by atoms with Crippen LogP contribution in [0.15, 0.2) is 24.3 Å². The number of nitrogens with one attached hydrogen (secondary N) is 1. The minimum atomic E-state index is 0.194. The highest BCUT2D eigenvalue weighted by atomic mass is 32.2. The number of nitrogens with zero attached hydrogens (tertiary/aromatic N) is 1. The molecule has 1 atom stereocenters. The molecule has 2 saturated heterocycles. The fourth-order valence-electron chi connectivity index (χ4n) is 3.22. The third kappa shape index (κ3) is 3.81. The van der Waals surface area contributed by atoms with Gasteiger partial charge < -0.3 is 10.2 Å². The molecule has 3 rings (SSSR count). The van der Waals surface area contributed by atoms with Crippen LogP contribution in [0.25, 0.3) is 0 Å². The van der Waals surface area contributed by atoms with Crippen molar-refractivity contribution in [3.63, 3.8) is 0 Å². The van der Waals surface area contributed by atoms with E-state index in [1.54, 1.807) is 0 Å². The smallest absolute Gasteiger partial charge is 0.253 e. The van der Waals surface area contributed by atoms with Crippen LogP contribution in [0, 0.1) is 5.92 Å². The van der Waals surface area contributed by atoms with E-state index in [9.17, 15) is 4.79 Å². The van der Waals surface area contributed by atoms with Crippen molar-refractivity contribution in [2.24, 2.45) is 5.92 Å². The molecule has 5 heteroatoms. The van der Waals surface area contributed by atoms with Crippen molar-refractivity contribution < 1.29 is 4.79 Å². The molecule has 0 saturated carbocycles. The Morgan fingerprint density at radius 1 is 1.27 bits per heavy atom. The van der Waals surface area contributed by atoms with E-state index in [1.807, 2.05) is 47.6 Å². The van der Waals surface area contributed by atoms with E-state index in [0.29, 0.717) is 10.5 Å². The number of benzene rings is 1. The molecule has 0 bridgehead atoms. The highest BCUT2D eigenvalue weighted by Gasteiger charge is 2.24. The summed E-state index contributed by atoms with van der Waals surface area (Å²) in [6.45, 7) is 2.78. The average molecular weight is 337 g/mol. The van der Waals surface area contributed by atoms with Gasteiger partial charge in [-0.15, -0.1) is 23.5 Å². The van der Waals surface area contributed by atoms with Crippen LogP contribution in [0.2, 0.25) is 0 Å². The van der Waals surface area contributed by atoms with Crippen molar-refractivity contribution in [1.29, 1.82) is 0 Å². The first-order chi connectivity index (χ1) is 10.8. The molecule has 2 fully saturated rings. The lowest BCUT2D eigenvalue weighted by molar-refractivity contribution is 0.0674. The molecular weight excluding hydrogens is 312 g/mol. The normalized spacial score (nSPS) is 23.0. The van der Waals surface area contributed by atoms with Crippen LogP contribution in [0.5, 0.6) is 0 Å². The van der Waals surface area contributed by atoms with Gasteiger partial charge in [0, 0.05) is 30.2 Å². The van der Waals surface area contributed by atoms with E-state index < -0.39 is 0 Å². The molecule has 2 aliphatic rings. The van der Waals surface area contributed by atoms with Crippen molar-refractivity contribution in [3.05, 3.63) is 35.4 Å². The van der Waals surface area contributed by atoms with Crippen LogP contribution in [0.1, 0.15) is 33.3 Å². The van der Waals surface area contributed by atoms with E-state index in [-0.39, 0.29) is 5.91 Å². The number of thioether (sulfide) groups is 2.